The molecule has 0 saturated carbocycles. The van der Waals surface area contributed by atoms with Gasteiger partial charge in [0.1, 0.15) is 11.3 Å². The number of nitrogens with one attached hydrogen (secondary N) is 2. The van der Waals surface area contributed by atoms with Gasteiger partial charge in [0, 0.05) is 16.5 Å². The van der Waals surface area contributed by atoms with Gasteiger partial charge in [0.2, 0.25) is 5.55 Å². The molecule has 0 radical (unpaired) electrons. The second-order valence-electron chi connectivity index (χ2n) is 6.53. The summed E-state index contributed by atoms with van der Waals surface area (Å²) in [6.07, 6.45) is 0. The van der Waals surface area contributed by atoms with E-state index in [1.165, 1.54) is 0 Å². The van der Waals surface area contributed by atoms with E-state index in [2.05, 4.69) is 4.98 Å². The van der Waals surface area contributed by atoms with E-state index in [1.54, 1.807) is 49.4 Å². The quantitative estimate of drug-likeness (QED) is 0.386. The smallest absolute Gasteiger partial charge is 0.344 e. The van der Waals surface area contributed by atoms with Gasteiger partial charge in [-0.3, -0.25) is 10.2 Å². The van der Waals surface area contributed by atoms with Gasteiger partial charge in [0.25, 0.3) is 5.56 Å². The lowest BCUT2D eigenvalue weighted by molar-refractivity contribution is 0.0522. The molecule has 7 heteroatoms. The van der Waals surface area contributed by atoms with Crippen LogP contribution in [-0.4, -0.2) is 24.2 Å². The number of aromatic nitrogens is 1. The molecule has 0 unspecified atom stereocenters. The van der Waals surface area contributed by atoms with Gasteiger partial charge in [0.05, 0.1) is 24.1 Å². The van der Waals surface area contributed by atoms with Gasteiger partial charge in [-0.05, 0) is 32.0 Å². The molecule has 4 rings (SSSR count). The van der Waals surface area contributed by atoms with Crippen LogP contribution in [-0.2, 0) is 4.74 Å². The Kier molecular flexibility index (Phi) is 5.10. The van der Waals surface area contributed by atoms with E-state index in [1.807, 2.05) is 13.0 Å². The summed E-state index contributed by atoms with van der Waals surface area (Å²) in [6.45, 7) is 4.04. The lowest BCUT2D eigenvalue weighted by Gasteiger charge is -2.15. The normalized spacial score (nSPS) is 11.0. The summed E-state index contributed by atoms with van der Waals surface area (Å²) in [7, 11) is 0. The Morgan fingerprint density at radius 1 is 1.07 bits per heavy atom. The number of aromatic amines is 1. The molecule has 0 aliphatic carbocycles. The third kappa shape index (κ3) is 3.14. The molecule has 0 fully saturated rings. The zero-order valence-corrected chi connectivity index (χ0v) is 16.6. The first-order chi connectivity index (χ1) is 14.6. The van der Waals surface area contributed by atoms with Crippen LogP contribution in [0.4, 0.5) is 0 Å². The minimum absolute atomic E-state index is 0.114. The molecule has 2 aromatic carbocycles. The number of H-pyrrole nitrogens is 1. The highest BCUT2D eigenvalue weighted by Crippen LogP contribution is 2.37. The van der Waals surface area contributed by atoms with E-state index < -0.39 is 11.5 Å². The molecule has 0 amide bonds. The summed E-state index contributed by atoms with van der Waals surface area (Å²) in [4.78, 5) is 28.8. The van der Waals surface area contributed by atoms with Crippen LogP contribution >= 0.6 is 0 Å². The predicted molar refractivity (Wildman–Crippen MR) is 113 cm³/mol. The van der Waals surface area contributed by atoms with Crippen molar-refractivity contribution in [1.29, 1.82) is 5.41 Å². The van der Waals surface area contributed by atoms with Crippen LogP contribution in [0.15, 0.2) is 57.7 Å². The second-order valence-corrected chi connectivity index (χ2v) is 6.53. The van der Waals surface area contributed by atoms with Crippen molar-refractivity contribution in [3.63, 3.8) is 0 Å². The number of para-hydroxylation sites is 2. The monoisotopic (exact) mass is 404 g/mol. The third-order valence-electron chi connectivity index (χ3n) is 4.74. The van der Waals surface area contributed by atoms with Gasteiger partial charge in [-0.2, -0.15) is 0 Å². The first-order valence-corrected chi connectivity index (χ1v) is 9.62. The summed E-state index contributed by atoms with van der Waals surface area (Å²) in [5, 5.41) is 9.25. The van der Waals surface area contributed by atoms with Crippen LogP contribution < -0.4 is 15.9 Å². The van der Waals surface area contributed by atoms with Gasteiger partial charge in [-0.1, -0.05) is 30.3 Å². The van der Waals surface area contributed by atoms with Crippen molar-refractivity contribution in [3.8, 4) is 16.9 Å². The summed E-state index contributed by atoms with van der Waals surface area (Å²) in [6, 6.07) is 14.2. The highest BCUT2D eigenvalue weighted by atomic mass is 16.5. The molecule has 7 nitrogen and oxygen atoms in total. The molecule has 0 bridgehead atoms. The highest BCUT2D eigenvalue weighted by molar-refractivity contribution is 6.12. The zero-order chi connectivity index (χ0) is 21.3. The van der Waals surface area contributed by atoms with Crippen LogP contribution in [0, 0.1) is 5.41 Å². The number of carbonyl (C=O) groups is 1. The minimum atomic E-state index is -0.734. The topological polar surface area (TPSA) is 105 Å². The number of benzene rings is 2. The second kappa shape index (κ2) is 7.87. The molecular formula is C23H20N2O5. The van der Waals surface area contributed by atoms with Gasteiger partial charge in [-0.25, -0.2) is 4.79 Å². The van der Waals surface area contributed by atoms with Gasteiger partial charge in [0.15, 0.2) is 5.58 Å². The van der Waals surface area contributed by atoms with Crippen LogP contribution in [0.25, 0.3) is 33.0 Å². The number of fused-ring (bicyclic) bond motifs is 3. The molecule has 0 aliphatic heterocycles. The zero-order valence-electron chi connectivity index (χ0n) is 16.6. The Hall–Kier alpha value is -3.87. The molecular weight excluding hydrogens is 384 g/mol. The summed E-state index contributed by atoms with van der Waals surface area (Å²) in [5.41, 5.74) is 0.655. The maximum absolute atomic E-state index is 13.1. The SMILES string of the molecule is CCOC(=O)c1c(-c2ccccc2OCC)c2c(=O)[nH]c3ccccc3c2oc1=N. The number of carbonyl (C=O) groups excluding carboxylic acids is 1. The Morgan fingerprint density at radius 2 is 1.80 bits per heavy atom. The first kappa shape index (κ1) is 19.4. The van der Waals surface area contributed by atoms with Crippen LogP contribution in [0.2, 0.25) is 0 Å². The molecule has 30 heavy (non-hydrogen) atoms. The average Bonchev–Trinajstić information content (AvgIpc) is 2.74. The van der Waals surface area contributed by atoms with Gasteiger partial charge < -0.3 is 18.9 Å². The van der Waals surface area contributed by atoms with Crippen LogP contribution in [0.3, 0.4) is 0 Å². The maximum atomic E-state index is 13.1. The van der Waals surface area contributed by atoms with Crippen molar-refractivity contribution < 1.29 is 18.7 Å². The van der Waals surface area contributed by atoms with E-state index in [0.29, 0.717) is 28.8 Å². The van der Waals surface area contributed by atoms with Crippen molar-refractivity contribution >= 4 is 27.8 Å². The van der Waals surface area contributed by atoms with E-state index in [9.17, 15) is 9.59 Å². The Balaban J connectivity index is 2.24. The Labute approximate surface area is 171 Å². The lowest BCUT2D eigenvalue weighted by Crippen LogP contribution is -2.21. The number of hydrogen-bond acceptors (Lipinski definition) is 6. The third-order valence-corrected chi connectivity index (χ3v) is 4.74. The number of rotatable bonds is 5. The molecule has 4 aromatic rings. The molecule has 2 aromatic heterocycles. The lowest BCUT2D eigenvalue weighted by atomic mass is 9.95. The van der Waals surface area contributed by atoms with Gasteiger partial charge >= 0.3 is 5.97 Å². The van der Waals surface area contributed by atoms with E-state index in [0.717, 1.165) is 0 Å². The molecule has 152 valence electrons. The van der Waals surface area contributed by atoms with E-state index in [-0.39, 0.29) is 34.3 Å². The van der Waals surface area contributed by atoms with Crippen molar-refractivity contribution in [2.75, 3.05) is 13.2 Å². The molecule has 0 saturated heterocycles. The maximum Gasteiger partial charge on any atom is 0.344 e. The Bertz CT molecular complexity index is 1380. The van der Waals surface area contributed by atoms with Crippen LogP contribution in [0.1, 0.15) is 24.2 Å². The standard InChI is InChI=1S/C23H20N2O5/c1-3-28-16-12-8-6-10-14(16)17-18-20(30-21(24)19(17)23(27)29-4-2)13-9-5-7-11-15(13)25-22(18)26/h5-12,24H,3-4H2,1-2H3,(H,25,26). The van der Waals surface area contributed by atoms with E-state index in [4.69, 9.17) is 19.3 Å². The number of ether oxygens (including phenoxy) is 2. The fourth-order valence-corrected chi connectivity index (χ4v) is 3.56. The minimum Gasteiger partial charge on any atom is -0.493 e. The van der Waals surface area contributed by atoms with Crippen molar-refractivity contribution in [2.24, 2.45) is 0 Å². The summed E-state index contributed by atoms with van der Waals surface area (Å²) >= 11 is 0. The van der Waals surface area contributed by atoms with Crippen molar-refractivity contribution in [1.82, 2.24) is 4.98 Å². The molecule has 2 N–H and O–H groups in total. The first-order valence-electron chi connectivity index (χ1n) is 9.62. The van der Waals surface area contributed by atoms with Gasteiger partial charge in [-0.15, -0.1) is 0 Å². The predicted octanol–water partition coefficient (Wildman–Crippen LogP) is 4.00. The van der Waals surface area contributed by atoms with E-state index >= 15 is 0 Å². The largest absolute Gasteiger partial charge is 0.493 e. The summed E-state index contributed by atoms with van der Waals surface area (Å²) in [5.74, 6) is -0.244. The molecule has 0 atom stereocenters. The molecule has 0 spiro atoms. The average molecular weight is 404 g/mol. The Morgan fingerprint density at radius 3 is 2.57 bits per heavy atom. The highest BCUT2D eigenvalue weighted by Gasteiger charge is 2.26. The molecule has 0 aliphatic rings. The summed E-state index contributed by atoms with van der Waals surface area (Å²) < 4.78 is 16.6. The molecule has 2 heterocycles. The number of hydrogen-bond donors (Lipinski definition) is 2. The van der Waals surface area contributed by atoms with Crippen LogP contribution in [0.5, 0.6) is 5.75 Å². The fourth-order valence-electron chi connectivity index (χ4n) is 3.56. The van der Waals surface area contributed by atoms with Crippen molar-refractivity contribution in [3.05, 3.63) is 70.0 Å². The van der Waals surface area contributed by atoms with Crippen molar-refractivity contribution in [2.45, 2.75) is 13.8 Å². The number of esters is 1. The fraction of sp³-hybridized carbons (Fsp3) is 0.174. The number of pyridine rings is 1.